The van der Waals surface area contributed by atoms with Gasteiger partial charge in [-0.1, -0.05) is 0 Å². The predicted octanol–water partition coefficient (Wildman–Crippen LogP) is 2.28. The summed E-state index contributed by atoms with van der Waals surface area (Å²) in [5, 5.41) is 8.48. The minimum atomic E-state index is -0.983. The first-order valence-electron chi connectivity index (χ1n) is 4.17. The molecule has 0 unspecified atom stereocenters. The van der Waals surface area contributed by atoms with Crippen molar-refractivity contribution in [2.75, 3.05) is 6.79 Å². The zero-order valence-electron chi connectivity index (χ0n) is 7.57. The van der Waals surface area contributed by atoms with Crippen molar-refractivity contribution >= 4 is 28.0 Å². The lowest BCUT2D eigenvalue weighted by atomic mass is 10.2. The molecular weight excluding hydrogens is 264 g/mol. The lowest BCUT2D eigenvalue weighted by Crippen LogP contribution is -1.93. The second kappa shape index (κ2) is 3.94. The summed E-state index contributed by atoms with van der Waals surface area (Å²) in [7, 11) is 0. The summed E-state index contributed by atoms with van der Waals surface area (Å²) in [4.78, 5) is 10.3. The molecule has 2 rings (SSSR count). The van der Waals surface area contributed by atoms with Crippen molar-refractivity contribution in [1.82, 2.24) is 0 Å². The third-order valence-corrected chi connectivity index (χ3v) is 2.46. The van der Waals surface area contributed by atoms with Crippen LogP contribution in [0.2, 0.25) is 0 Å². The second-order valence-corrected chi connectivity index (χ2v) is 3.76. The third-order valence-electron chi connectivity index (χ3n) is 1.87. The minimum Gasteiger partial charge on any atom is -0.478 e. The molecule has 1 aliphatic rings. The quantitative estimate of drug-likeness (QED) is 0.838. The molecule has 5 heteroatoms. The summed E-state index contributed by atoms with van der Waals surface area (Å²) in [5.41, 5.74) is 0.744. The van der Waals surface area contributed by atoms with Gasteiger partial charge in [0, 0.05) is 6.08 Å². The Morgan fingerprint density at radius 2 is 2.27 bits per heavy atom. The van der Waals surface area contributed by atoms with Crippen molar-refractivity contribution in [3.05, 3.63) is 28.2 Å². The Hall–Kier alpha value is -1.49. The van der Waals surface area contributed by atoms with Crippen LogP contribution in [0.5, 0.6) is 11.5 Å². The Kier molecular flexibility index (Phi) is 2.64. The number of ether oxygens (including phenoxy) is 2. The molecule has 0 aliphatic carbocycles. The predicted molar refractivity (Wildman–Crippen MR) is 56.9 cm³/mol. The SMILES string of the molecule is O=C(O)C=Cc1cc(Br)c2c(c1)OCO2. The van der Waals surface area contributed by atoms with E-state index in [2.05, 4.69) is 15.9 Å². The first kappa shape index (κ1) is 10.0. The number of fused-ring (bicyclic) bond motifs is 1. The van der Waals surface area contributed by atoms with Gasteiger partial charge in [0.25, 0.3) is 0 Å². The molecule has 0 amide bonds. The van der Waals surface area contributed by atoms with E-state index in [1.807, 2.05) is 0 Å². The van der Waals surface area contributed by atoms with Crippen LogP contribution in [0, 0.1) is 0 Å². The van der Waals surface area contributed by atoms with Gasteiger partial charge in [0.15, 0.2) is 11.5 Å². The van der Waals surface area contributed by atoms with Gasteiger partial charge in [-0.2, -0.15) is 0 Å². The number of carbonyl (C=O) groups is 1. The van der Waals surface area contributed by atoms with Gasteiger partial charge in [-0.05, 0) is 39.7 Å². The molecule has 0 saturated carbocycles. The molecule has 0 atom stereocenters. The summed E-state index contributed by atoms with van der Waals surface area (Å²) < 4.78 is 11.1. The van der Waals surface area contributed by atoms with Crippen molar-refractivity contribution < 1.29 is 19.4 Å². The van der Waals surface area contributed by atoms with Crippen LogP contribution < -0.4 is 9.47 Å². The summed E-state index contributed by atoms with van der Waals surface area (Å²) in [5.74, 6) is 0.292. The van der Waals surface area contributed by atoms with E-state index in [0.29, 0.717) is 11.5 Å². The highest BCUT2D eigenvalue weighted by Crippen LogP contribution is 2.40. The van der Waals surface area contributed by atoms with Crippen molar-refractivity contribution in [2.45, 2.75) is 0 Å². The molecule has 4 nitrogen and oxygen atoms in total. The van der Waals surface area contributed by atoms with Crippen LogP contribution in [0.15, 0.2) is 22.7 Å². The highest BCUT2D eigenvalue weighted by atomic mass is 79.9. The van der Waals surface area contributed by atoms with Crippen molar-refractivity contribution in [2.24, 2.45) is 0 Å². The van der Waals surface area contributed by atoms with Gasteiger partial charge in [-0.15, -0.1) is 0 Å². The highest BCUT2D eigenvalue weighted by Gasteiger charge is 2.17. The number of halogens is 1. The molecule has 0 bridgehead atoms. The topological polar surface area (TPSA) is 55.8 Å². The molecule has 1 aliphatic heterocycles. The smallest absolute Gasteiger partial charge is 0.328 e. The van der Waals surface area contributed by atoms with Crippen LogP contribution in [0.25, 0.3) is 6.08 Å². The Bertz CT molecular complexity index is 439. The number of carboxylic acid groups (broad SMARTS) is 1. The molecule has 1 aromatic carbocycles. The molecular formula is C10H7BrO4. The zero-order chi connectivity index (χ0) is 10.8. The molecule has 1 heterocycles. The number of benzene rings is 1. The third kappa shape index (κ3) is 2.12. The van der Waals surface area contributed by atoms with Gasteiger partial charge >= 0.3 is 5.97 Å². The Balaban J connectivity index is 2.35. The number of carboxylic acids is 1. The molecule has 0 radical (unpaired) electrons. The maximum absolute atomic E-state index is 10.3. The number of hydrogen-bond donors (Lipinski definition) is 1. The van der Waals surface area contributed by atoms with E-state index in [1.54, 1.807) is 12.1 Å². The Morgan fingerprint density at radius 1 is 1.47 bits per heavy atom. The van der Waals surface area contributed by atoms with Crippen LogP contribution in [0.3, 0.4) is 0 Å². The van der Waals surface area contributed by atoms with Crippen LogP contribution in [0.1, 0.15) is 5.56 Å². The first-order valence-corrected chi connectivity index (χ1v) is 4.96. The summed E-state index contributed by atoms with van der Waals surface area (Å²) in [6.07, 6.45) is 2.57. The average molecular weight is 271 g/mol. The Morgan fingerprint density at radius 3 is 3.00 bits per heavy atom. The van der Waals surface area contributed by atoms with Crippen LogP contribution in [-0.2, 0) is 4.79 Å². The van der Waals surface area contributed by atoms with Crippen molar-refractivity contribution in [3.8, 4) is 11.5 Å². The van der Waals surface area contributed by atoms with Crippen molar-refractivity contribution in [1.29, 1.82) is 0 Å². The number of hydrogen-bond acceptors (Lipinski definition) is 3. The monoisotopic (exact) mass is 270 g/mol. The molecule has 0 saturated heterocycles. The summed E-state index contributed by atoms with van der Waals surface area (Å²) in [6.45, 7) is 0.194. The second-order valence-electron chi connectivity index (χ2n) is 2.91. The van der Waals surface area contributed by atoms with E-state index in [9.17, 15) is 4.79 Å². The number of aliphatic carboxylic acids is 1. The van der Waals surface area contributed by atoms with E-state index in [1.165, 1.54) is 6.08 Å². The summed E-state index contributed by atoms with van der Waals surface area (Å²) >= 11 is 3.32. The fraction of sp³-hybridized carbons (Fsp3) is 0.100. The van der Waals surface area contributed by atoms with E-state index in [-0.39, 0.29) is 6.79 Å². The fourth-order valence-corrected chi connectivity index (χ4v) is 1.83. The number of rotatable bonds is 2. The molecule has 0 aromatic heterocycles. The molecule has 78 valence electrons. The Labute approximate surface area is 94.2 Å². The molecule has 15 heavy (non-hydrogen) atoms. The average Bonchev–Trinajstić information content (AvgIpc) is 2.63. The van der Waals surface area contributed by atoms with E-state index >= 15 is 0 Å². The maximum atomic E-state index is 10.3. The van der Waals surface area contributed by atoms with E-state index in [0.717, 1.165) is 16.1 Å². The van der Waals surface area contributed by atoms with Gasteiger partial charge in [-0.25, -0.2) is 4.79 Å². The summed E-state index contributed by atoms with van der Waals surface area (Å²) in [6, 6.07) is 3.50. The molecule has 1 aromatic rings. The maximum Gasteiger partial charge on any atom is 0.328 e. The molecule has 1 N–H and O–H groups in total. The largest absolute Gasteiger partial charge is 0.478 e. The van der Waals surface area contributed by atoms with E-state index < -0.39 is 5.97 Å². The zero-order valence-corrected chi connectivity index (χ0v) is 9.15. The highest BCUT2D eigenvalue weighted by molar-refractivity contribution is 9.10. The lowest BCUT2D eigenvalue weighted by Gasteiger charge is -2.00. The van der Waals surface area contributed by atoms with Gasteiger partial charge in [0.1, 0.15) is 0 Å². The first-order chi connectivity index (χ1) is 7.16. The van der Waals surface area contributed by atoms with Gasteiger partial charge < -0.3 is 14.6 Å². The molecule has 0 spiro atoms. The van der Waals surface area contributed by atoms with Crippen molar-refractivity contribution in [3.63, 3.8) is 0 Å². The van der Waals surface area contributed by atoms with Crippen LogP contribution >= 0.6 is 15.9 Å². The van der Waals surface area contributed by atoms with Crippen LogP contribution in [-0.4, -0.2) is 17.9 Å². The van der Waals surface area contributed by atoms with Gasteiger partial charge in [0.05, 0.1) is 4.47 Å². The standard InChI is InChI=1S/C10H7BrO4/c11-7-3-6(1-2-9(12)13)4-8-10(7)15-5-14-8/h1-4H,5H2,(H,12,13). The minimum absolute atomic E-state index is 0.194. The van der Waals surface area contributed by atoms with Gasteiger partial charge in [0.2, 0.25) is 6.79 Å². The van der Waals surface area contributed by atoms with Gasteiger partial charge in [-0.3, -0.25) is 0 Å². The normalized spacial score (nSPS) is 13.4. The lowest BCUT2D eigenvalue weighted by molar-refractivity contribution is -0.131. The van der Waals surface area contributed by atoms with E-state index in [4.69, 9.17) is 14.6 Å². The molecule has 0 fully saturated rings. The van der Waals surface area contributed by atoms with Crippen LogP contribution in [0.4, 0.5) is 0 Å². The fourth-order valence-electron chi connectivity index (χ4n) is 1.25.